The Hall–Kier alpha value is -3.30. The third-order valence-electron chi connectivity index (χ3n) is 7.82. The van der Waals surface area contributed by atoms with Crippen molar-refractivity contribution in [3.63, 3.8) is 0 Å². The molecule has 0 saturated carbocycles. The molecule has 2 aliphatic heterocycles. The van der Waals surface area contributed by atoms with Gasteiger partial charge in [-0.25, -0.2) is 0 Å². The molecule has 2 aliphatic rings. The van der Waals surface area contributed by atoms with Gasteiger partial charge in [-0.05, 0) is 59.2 Å². The summed E-state index contributed by atoms with van der Waals surface area (Å²) in [6.07, 6.45) is -0.719. The number of hydrogen-bond donors (Lipinski definition) is 4. The van der Waals surface area contributed by atoms with Crippen LogP contribution < -0.4 is 10.6 Å². The molecule has 0 radical (unpaired) electrons. The smallest absolute Gasteiger partial charge is 0.262 e. The van der Waals surface area contributed by atoms with Crippen LogP contribution in [-0.2, 0) is 14.3 Å². The second kappa shape index (κ2) is 14.2. The molecule has 9 nitrogen and oxygen atoms in total. The molecule has 3 aromatic rings. The first-order valence-corrected chi connectivity index (χ1v) is 15.3. The van der Waals surface area contributed by atoms with Crippen molar-refractivity contribution in [1.29, 1.82) is 5.26 Å². The summed E-state index contributed by atoms with van der Waals surface area (Å²) in [5.41, 5.74) is 2.83. The molecule has 1 aromatic heterocycles. The third-order valence-corrected chi connectivity index (χ3v) is 9.08. The Balaban J connectivity index is 1.22. The predicted octanol–water partition coefficient (Wildman–Crippen LogP) is 3.63. The highest BCUT2D eigenvalue weighted by Gasteiger charge is 2.28. The lowest BCUT2D eigenvalue weighted by atomic mass is 10.0. The topological polar surface area (TPSA) is 127 Å². The first-order chi connectivity index (χ1) is 20.4. The lowest BCUT2D eigenvalue weighted by molar-refractivity contribution is -0.123. The zero-order valence-electron chi connectivity index (χ0n) is 23.8. The number of allylic oxidation sites excluding steroid dienone is 1. The molecule has 3 atom stereocenters. The van der Waals surface area contributed by atoms with Crippen LogP contribution in [0.15, 0.2) is 54.1 Å². The molecular weight excluding hydrogens is 552 g/mol. The second-order valence-electron chi connectivity index (χ2n) is 10.8. The van der Waals surface area contributed by atoms with Crippen molar-refractivity contribution >= 4 is 39.3 Å². The quantitative estimate of drug-likeness (QED) is 0.208. The number of carbonyl (C=O) groups is 1. The van der Waals surface area contributed by atoms with Crippen LogP contribution in [0.4, 0.5) is 5.69 Å². The molecule has 2 saturated heterocycles. The van der Waals surface area contributed by atoms with Gasteiger partial charge in [-0.3, -0.25) is 9.69 Å². The van der Waals surface area contributed by atoms with E-state index in [-0.39, 0.29) is 18.7 Å². The molecule has 3 unspecified atom stereocenters. The van der Waals surface area contributed by atoms with Gasteiger partial charge in [-0.15, -0.1) is 11.3 Å². The fraction of sp³-hybridized carbons (Fsp3) is 0.438. The van der Waals surface area contributed by atoms with E-state index in [0.717, 1.165) is 71.2 Å². The van der Waals surface area contributed by atoms with E-state index in [1.54, 1.807) is 18.3 Å². The maximum Gasteiger partial charge on any atom is 0.262 e. The minimum Gasteiger partial charge on any atom is -0.394 e. The van der Waals surface area contributed by atoms with Gasteiger partial charge in [0.25, 0.3) is 5.91 Å². The summed E-state index contributed by atoms with van der Waals surface area (Å²) in [7, 11) is 0. The van der Waals surface area contributed by atoms with Crippen LogP contribution in [0, 0.1) is 11.3 Å². The van der Waals surface area contributed by atoms with E-state index < -0.39 is 24.2 Å². The van der Waals surface area contributed by atoms with Gasteiger partial charge in [-0.2, -0.15) is 5.26 Å². The van der Waals surface area contributed by atoms with E-state index in [1.165, 1.54) is 0 Å². The summed E-state index contributed by atoms with van der Waals surface area (Å²) in [5, 5.41) is 37.8. The number of nitrogens with one attached hydrogen (secondary N) is 2. The number of rotatable bonds is 10. The number of aliphatic hydroxyl groups is 2. The first-order valence-electron chi connectivity index (χ1n) is 14.5. The maximum atomic E-state index is 12.9. The molecule has 42 heavy (non-hydrogen) atoms. The standard InChI is InChI=1S/C32H38N4O5S/c1-21(29(18-33)32(39)35-19-27-16-26(38)17-28(20-37)41-27)30-6-7-31(42-30)24-3-2-23-15-25(5-4-22(23)14-24)34-8-9-36-10-12-40-13-11-36/h2-7,14-15,26-28,34,37-38H,8-13,16-17,19-20H2,1H3,(H,35,39)/b29-21+. The highest BCUT2D eigenvalue weighted by molar-refractivity contribution is 7.16. The number of nitrogens with zero attached hydrogens (tertiary/aromatic N) is 2. The Labute approximate surface area is 250 Å². The molecule has 3 heterocycles. The van der Waals surface area contributed by atoms with Crippen LogP contribution in [0.1, 0.15) is 24.6 Å². The zero-order chi connectivity index (χ0) is 29.5. The first kappa shape index (κ1) is 30.2. The monoisotopic (exact) mass is 590 g/mol. The second-order valence-corrected chi connectivity index (χ2v) is 11.9. The van der Waals surface area contributed by atoms with E-state index in [9.17, 15) is 20.3 Å². The zero-order valence-corrected chi connectivity index (χ0v) is 24.7. The molecule has 0 spiro atoms. The van der Waals surface area contributed by atoms with Crippen molar-refractivity contribution < 1.29 is 24.5 Å². The Morgan fingerprint density at radius 3 is 2.64 bits per heavy atom. The normalized spacial score (nSPS) is 21.9. The fourth-order valence-electron chi connectivity index (χ4n) is 5.45. The maximum absolute atomic E-state index is 12.9. The van der Waals surface area contributed by atoms with Crippen LogP contribution in [0.2, 0.25) is 0 Å². The highest BCUT2D eigenvalue weighted by atomic mass is 32.1. The number of hydrogen-bond acceptors (Lipinski definition) is 9. The van der Waals surface area contributed by atoms with E-state index in [2.05, 4.69) is 58.0 Å². The number of ether oxygens (including phenoxy) is 2. The molecule has 0 bridgehead atoms. The fourth-order valence-corrected chi connectivity index (χ4v) is 6.45. The molecule has 1 amide bonds. The van der Waals surface area contributed by atoms with E-state index in [0.29, 0.717) is 18.4 Å². The molecule has 4 N–H and O–H groups in total. The summed E-state index contributed by atoms with van der Waals surface area (Å²) >= 11 is 1.54. The molecule has 0 aliphatic carbocycles. The molecule has 5 rings (SSSR count). The van der Waals surface area contributed by atoms with Gasteiger partial charge < -0.3 is 30.3 Å². The summed E-state index contributed by atoms with van der Waals surface area (Å²) in [6.45, 7) is 7.23. The Bertz CT molecular complexity index is 1460. The van der Waals surface area contributed by atoms with Gasteiger partial charge in [-0.1, -0.05) is 18.2 Å². The lowest BCUT2D eigenvalue weighted by Crippen LogP contribution is -2.43. The van der Waals surface area contributed by atoms with Crippen molar-refractivity contribution in [3.05, 3.63) is 59.0 Å². The van der Waals surface area contributed by atoms with Gasteiger partial charge in [0.05, 0.1) is 38.1 Å². The minimum atomic E-state index is -0.588. The molecule has 222 valence electrons. The van der Waals surface area contributed by atoms with Crippen LogP contribution in [0.25, 0.3) is 26.8 Å². The van der Waals surface area contributed by atoms with Crippen molar-refractivity contribution in [2.24, 2.45) is 0 Å². The molecular formula is C32H38N4O5S. The largest absolute Gasteiger partial charge is 0.394 e. The van der Waals surface area contributed by atoms with Gasteiger partial charge in [0, 0.05) is 61.0 Å². The molecule has 2 fully saturated rings. The van der Waals surface area contributed by atoms with Gasteiger partial charge in [0.1, 0.15) is 11.6 Å². The molecule has 2 aromatic carbocycles. The van der Waals surface area contributed by atoms with E-state index >= 15 is 0 Å². The summed E-state index contributed by atoms with van der Waals surface area (Å²) in [4.78, 5) is 17.2. The Morgan fingerprint density at radius 1 is 1.10 bits per heavy atom. The number of amides is 1. The Kier molecular flexibility index (Phi) is 10.2. The SMILES string of the molecule is C/C(=C(/C#N)C(=O)NCC1CC(O)CC(CO)O1)c1ccc(-c2ccc3cc(NCCN4CCOCC4)ccc3c2)s1. The highest BCUT2D eigenvalue weighted by Crippen LogP contribution is 2.35. The number of benzene rings is 2. The van der Waals surface area contributed by atoms with Crippen LogP contribution in [0.5, 0.6) is 0 Å². The molecule has 10 heteroatoms. The van der Waals surface area contributed by atoms with Crippen molar-refractivity contribution in [2.75, 3.05) is 57.9 Å². The number of morpholine rings is 1. The van der Waals surface area contributed by atoms with E-state index in [4.69, 9.17) is 9.47 Å². The van der Waals surface area contributed by atoms with Crippen molar-refractivity contribution in [3.8, 4) is 16.5 Å². The van der Waals surface area contributed by atoms with E-state index in [1.807, 2.05) is 12.1 Å². The average Bonchev–Trinajstić information content (AvgIpc) is 3.51. The summed E-state index contributed by atoms with van der Waals surface area (Å²) < 4.78 is 11.1. The van der Waals surface area contributed by atoms with Crippen LogP contribution >= 0.6 is 11.3 Å². The minimum absolute atomic E-state index is 0.0469. The summed E-state index contributed by atoms with van der Waals surface area (Å²) in [5.74, 6) is -0.478. The summed E-state index contributed by atoms with van der Waals surface area (Å²) in [6, 6.07) is 18.8. The van der Waals surface area contributed by atoms with Crippen LogP contribution in [0.3, 0.4) is 0 Å². The van der Waals surface area contributed by atoms with Gasteiger partial charge >= 0.3 is 0 Å². The average molecular weight is 591 g/mol. The number of carbonyl (C=O) groups excluding carboxylic acids is 1. The van der Waals surface area contributed by atoms with Crippen molar-refractivity contribution in [2.45, 2.75) is 38.1 Å². The number of anilines is 1. The Morgan fingerprint density at radius 2 is 1.86 bits per heavy atom. The number of thiophene rings is 1. The van der Waals surface area contributed by atoms with Crippen molar-refractivity contribution in [1.82, 2.24) is 10.2 Å². The lowest BCUT2D eigenvalue weighted by Gasteiger charge is -2.32. The number of nitriles is 1. The number of aliphatic hydroxyl groups excluding tert-OH is 2. The number of fused-ring (bicyclic) bond motifs is 1. The van der Waals surface area contributed by atoms with Gasteiger partial charge in [0.15, 0.2) is 0 Å². The van der Waals surface area contributed by atoms with Gasteiger partial charge in [0.2, 0.25) is 0 Å². The third kappa shape index (κ3) is 7.55. The predicted molar refractivity (Wildman–Crippen MR) is 165 cm³/mol. The van der Waals surface area contributed by atoms with Crippen LogP contribution in [-0.4, -0.2) is 91.9 Å².